The molecule has 0 aliphatic carbocycles. The van der Waals surface area contributed by atoms with Crippen molar-refractivity contribution in [1.29, 1.82) is 5.26 Å². The molecule has 1 atom stereocenters. The molecule has 1 aliphatic heterocycles. The molecule has 1 amide bonds. The normalized spacial score (nSPS) is 14.0. The lowest BCUT2D eigenvalue weighted by molar-refractivity contribution is -0.126. The van der Waals surface area contributed by atoms with Crippen LogP contribution in [0.3, 0.4) is 0 Å². The highest BCUT2D eigenvalue weighted by Crippen LogP contribution is 2.29. The summed E-state index contributed by atoms with van der Waals surface area (Å²) < 4.78 is 12.7. The summed E-state index contributed by atoms with van der Waals surface area (Å²) in [6, 6.07) is 13.3. The Labute approximate surface area is 174 Å². The minimum atomic E-state index is -1.00. The standard InChI is InChI=1S/C23H21N3O4/c1-15-20(18(14-24)22(29-15)25-11-5-6-12-25)23(28)30-16(2)21(27)26-13-7-9-17-8-3-4-10-19(17)26/h3-6,8,10-12,16H,7,9,13H2,1-2H3/t16-/m1/s1. The molecule has 7 heteroatoms. The summed E-state index contributed by atoms with van der Waals surface area (Å²) in [5, 5.41) is 9.61. The minimum Gasteiger partial charge on any atom is -0.449 e. The van der Waals surface area contributed by atoms with Gasteiger partial charge in [0, 0.05) is 24.6 Å². The fourth-order valence-corrected chi connectivity index (χ4v) is 3.78. The Morgan fingerprint density at radius 1 is 1.20 bits per heavy atom. The number of ether oxygens (including phenoxy) is 1. The van der Waals surface area contributed by atoms with Crippen LogP contribution in [0.2, 0.25) is 0 Å². The Hall–Kier alpha value is -3.79. The first-order valence-electron chi connectivity index (χ1n) is 9.78. The van der Waals surface area contributed by atoms with Gasteiger partial charge in [-0.25, -0.2) is 4.79 Å². The van der Waals surface area contributed by atoms with E-state index >= 15 is 0 Å². The smallest absolute Gasteiger partial charge is 0.343 e. The van der Waals surface area contributed by atoms with Crippen LogP contribution in [0.4, 0.5) is 5.69 Å². The molecule has 3 aromatic rings. The van der Waals surface area contributed by atoms with Crippen molar-refractivity contribution in [3.05, 3.63) is 71.2 Å². The number of anilines is 1. The van der Waals surface area contributed by atoms with Gasteiger partial charge in [0.2, 0.25) is 5.88 Å². The van der Waals surface area contributed by atoms with E-state index in [-0.39, 0.29) is 28.7 Å². The number of rotatable bonds is 4. The fourth-order valence-electron chi connectivity index (χ4n) is 3.78. The second kappa shape index (κ2) is 7.91. The van der Waals surface area contributed by atoms with Crippen LogP contribution >= 0.6 is 0 Å². The van der Waals surface area contributed by atoms with Gasteiger partial charge in [0.15, 0.2) is 6.10 Å². The number of nitrogens with zero attached hydrogens (tertiary/aromatic N) is 3. The quantitative estimate of drug-likeness (QED) is 0.619. The van der Waals surface area contributed by atoms with E-state index < -0.39 is 12.1 Å². The van der Waals surface area contributed by atoms with Crippen LogP contribution in [-0.2, 0) is 16.0 Å². The van der Waals surface area contributed by atoms with E-state index in [1.165, 1.54) is 0 Å². The molecule has 0 bridgehead atoms. The van der Waals surface area contributed by atoms with E-state index in [4.69, 9.17) is 9.15 Å². The maximum absolute atomic E-state index is 13.0. The van der Waals surface area contributed by atoms with Crippen molar-refractivity contribution in [2.45, 2.75) is 32.8 Å². The van der Waals surface area contributed by atoms with Gasteiger partial charge in [-0.15, -0.1) is 0 Å². The second-order valence-corrected chi connectivity index (χ2v) is 7.19. The molecular formula is C23H21N3O4. The zero-order valence-corrected chi connectivity index (χ0v) is 16.8. The highest BCUT2D eigenvalue weighted by molar-refractivity contribution is 6.01. The Kier molecular flexibility index (Phi) is 5.15. The monoisotopic (exact) mass is 403 g/mol. The first kappa shape index (κ1) is 19.5. The zero-order valence-electron chi connectivity index (χ0n) is 16.8. The number of esters is 1. The number of hydrogen-bond acceptors (Lipinski definition) is 5. The van der Waals surface area contributed by atoms with Crippen molar-refractivity contribution in [2.24, 2.45) is 0 Å². The highest BCUT2D eigenvalue weighted by Gasteiger charge is 2.31. The van der Waals surface area contributed by atoms with Crippen LogP contribution in [0, 0.1) is 18.3 Å². The number of carbonyl (C=O) groups excluding carboxylic acids is 2. The zero-order chi connectivity index (χ0) is 21.3. The number of aryl methyl sites for hydroxylation is 2. The van der Waals surface area contributed by atoms with Gasteiger partial charge < -0.3 is 14.1 Å². The van der Waals surface area contributed by atoms with Crippen molar-refractivity contribution >= 4 is 17.6 Å². The third-order valence-electron chi connectivity index (χ3n) is 5.23. The van der Waals surface area contributed by atoms with Crippen LogP contribution in [-0.4, -0.2) is 29.1 Å². The second-order valence-electron chi connectivity index (χ2n) is 7.19. The van der Waals surface area contributed by atoms with Crippen LogP contribution < -0.4 is 4.90 Å². The van der Waals surface area contributed by atoms with E-state index in [2.05, 4.69) is 0 Å². The SMILES string of the molecule is Cc1oc(-n2cccc2)c(C#N)c1C(=O)O[C@H](C)C(=O)N1CCCc2ccccc21. The summed E-state index contributed by atoms with van der Waals surface area (Å²) in [5.74, 6) is -0.530. The number of benzene rings is 1. The third-order valence-corrected chi connectivity index (χ3v) is 5.23. The lowest BCUT2D eigenvalue weighted by Crippen LogP contribution is -2.42. The largest absolute Gasteiger partial charge is 0.449 e. The summed E-state index contributed by atoms with van der Waals surface area (Å²) in [5.41, 5.74) is 2.07. The maximum atomic E-state index is 13.0. The molecule has 3 heterocycles. The Bertz CT molecular complexity index is 1140. The molecule has 0 N–H and O–H groups in total. The molecule has 7 nitrogen and oxygen atoms in total. The molecule has 2 aromatic heterocycles. The predicted molar refractivity (Wildman–Crippen MR) is 109 cm³/mol. The van der Waals surface area contributed by atoms with E-state index in [0.29, 0.717) is 6.54 Å². The van der Waals surface area contributed by atoms with E-state index in [9.17, 15) is 14.9 Å². The van der Waals surface area contributed by atoms with Gasteiger partial charge in [0.1, 0.15) is 23.0 Å². The van der Waals surface area contributed by atoms with Crippen molar-refractivity contribution in [1.82, 2.24) is 4.57 Å². The van der Waals surface area contributed by atoms with Crippen LogP contribution in [0.1, 0.15) is 40.6 Å². The summed E-state index contributed by atoms with van der Waals surface area (Å²) >= 11 is 0. The number of carbonyl (C=O) groups is 2. The van der Waals surface area contributed by atoms with Crippen molar-refractivity contribution in [2.75, 3.05) is 11.4 Å². The van der Waals surface area contributed by atoms with Crippen molar-refractivity contribution in [3.8, 4) is 12.0 Å². The molecule has 0 spiro atoms. The van der Waals surface area contributed by atoms with Gasteiger partial charge in [0.05, 0.1) is 0 Å². The Morgan fingerprint density at radius 2 is 1.93 bits per heavy atom. The molecule has 0 unspecified atom stereocenters. The predicted octanol–water partition coefficient (Wildman–Crippen LogP) is 3.78. The molecule has 0 radical (unpaired) electrons. The fraction of sp³-hybridized carbons (Fsp3) is 0.261. The molecule has 4 rings (SSSR count). The number of nitriles is 1. The molecule has 1 aliphatic rings. The van der Waals surface area contributed by atoms with Gasteiger partial charge in [0.25, 0.3) is 5.91 Å². The van der Waals surface area contributed by atoms with E-state index in [0.717, 1.165) is 24.1 Å². The van der Waals surface area contributed by atoms with Crippen LogP contribution in [0.25, 0.3) is 5.88 Å². The number of hydrogen-bond donors (Lipinski definition) is 0. The van der Waals surface area contributed by atoms with Gasteiger partial charge in [-0.2, -0.15) is 5.26 Å². The van der Waals surface area contributed by atoms with Gasteiger partial charge in [-0.3, -0.25) is 9.36 Å². The molecule has 0 saturated carbocycles. The third kappa shape index (κ3) is 3.37. The molecule has 30 heavy (non-hydrogen) atoms. The van der Waals surface area contributed by atoms with Crippen LogP contribution in [0.15, 0.2) is 53.2 Å². The topological polar surface area (TPSA) is 88.5 Å². The van der Waals surface area contributed by atoms with Gasteiger partial charge in [-0.05, 0) is 50.5 Å². The molecule has 0 fully saturated rings. The number of fused-ring (bicyclic) bond motifs is 1. The lowest BCUT2D eigenvalue weighted by Gasteiger charge is -2.31. The number of aromatic nitrogens is 1. The van der Waals surface area contributed by atoms with Crippen molar-refractivity contribution < 1.29 is 18.7 Å². The first-order valence-corrected chi connectivity index (χ1v) is 9.78. The minimum absolute atomic E-state index is 0.0416. The van der Waals surface area contributed by atoms with Crippen molar-refractivity contribution in [3.63, 3.8) is 0 Å². The van der Waals surface area contributed by atoms with E-state index in [1.54, 1.807) is 47.8 Å². The summed E-state index contributed by atoms with van der Waals surface area (Å²) in [7, 11) is 0. The number of amides is 1. The van der Waals surface area contributed by atoms with E-state index in [1.807, 2.05) is 30.3 Å². The number of para-hydroxylation sites is 1. The highest BCUT2D eigenvalue weighted by atomic mass is 16.5. The average molecular weight is 403 g/mol. The van der Waals surface area contributed by atoms with Gasteiger partial charge in [-0.1, -0.05) is 18.2 Å². The molecule has 1 aromatic carbocycles. The number of furan rings is 1. The molecule has 0 saturated heterocycles. The maximum Gasteiger partial charge on any atom is 0.343 e. The Balaban J connectivity index is 1.57. The average Bonchev–Trinajstić information content (AvgIpc) is 3.40. The Morgan fingerprint density at radius 3 is 2.67 bits per heavy atom. The van der Waals surface area contributed by atoms with Crippen LogP contribution in [0.5, 0.6) is 0 Å². The lowest BCUT2D eigenvalue weighted by atomic mass is 10.0. The first-order chi connectivity index (χ1) is 14.5. The molecule has 152 valence electrons. The summed E-state index contributed by atoms with van der Waals surface area (Å²) in [4.78, 5) is 27.5. The summed E-state index contributed by atoms with van der Waals surface area (Å²) in [6.45, 7) is 3.72. The molecular weight excluding hydrogens is 382 g/mol. The van der Waals surface area contributed by atoms with Gasteiger partial charge >= 0.3 is 5.97 Å². The summed E-state index contributed by atoms with van der Waals surface area (Å²) in [6.07, 6.45) is 4.20.